The Balaban J connectivity index is 1.41. The van der Waals surface area contributed by atoms with Crippen molar-refractivity contribution in [3.8, 4) is 0 Å². The van der Waals surface area contributed by atoms with Crippen molar-refractivity contribution in [2.45, 2.75) is 12.8 Å². The molecule has 1 N–H and O–H groups in total. The standard InChI is InChI=1S/C21H21FN2/c22-20-6-2-1-5-18(20)17-10-14-24(15-11-17)13-9-16-4-3-7-21-19(16)8-12-23-21/h1-8,10,12,23H,9,11,13-15H2. The number of nitrogens with one attached hydrogen (secondary N) is 1. The van der Waals surface area contributed by atoms with E-state index in [4.69, 9.17) is 0 Å². The average Bonchev–Trinajstić information content (AvgIpc) is 3.10. The topological polar surface area (TPSA) is 19.0 Å². The minimum absolute atomic E-state index is 0.115. The van der Waals surface area contributed by atoms with Crippen LogP contribution in [0, 0.1) is 5.82 Å². The van der Waals surface area contributed by atoms with Gasteiger partial charge < -0.3 is 4.98 Å². The Morgan fingerprint density at radius 1 is 1.04 bits per heavy atom. The zero-order valence-corrected chi connectivity index (χ0v) is 13.6. The van der Waals surface area contributed by atoms with Gasteiger partial charge in [0.15, 0.2) is 0 Å². The maximum Gasteiger partial charge on any atom is 0.130 e. The lowest BCUT2D eigenvalue weighted by atomic mass is 9.98. The fourth-order valence-electron chi connectivity index (χ4n) is 3.53. The molecule has 24 heavy (non-hydrogen) atoms. The van der Waals surface area contributed by atoms with Crippen molar-refractivity contribution in [3.05, 3.63) is 77.7 Å². The van der Waals surface area contributed by atoms with Crippen LogP contribution >= 0.6 is 0 Å². The average molecular weight is 320 g/mol. The summed E-state index contributed by atoms with van der Waals surface area (Å²) < 4.78 is 13.9. The molecule has 4 rings (SSSR count). The van der Waals surface area contributed by atoms with E-state index in [9.17, 15) is 4.39 Å². The van der Waals surface area contributed by atoms with Crippen molar-refractivity contribution in [1.29, 1.82) is 0 Å². The molecular weight excluding hydrogens is 299 g/mol. The molecule has 0 aliphatic carbocycles. The number of benzene rings is 2. The van der Waals surface area contributed by atoms with Gasteiger partial charge >= 0.3 is 0 Å². The molecule has 0 saturated carbocycles. The van der Waals surface area contributed by atoms with Crippen LogP contribution in [0.1, 0.15) is 17.5 Å². The molecular formula is C21H21FN2. The molecule has 0 bridgehead atoms. The van der Waals surface area contributed by atoms with Gasteiger partial charge in [-0.3, -0.25) is 4.90 Å². The summed E-state index contributed by atoms with van der Waals surface area (Å²) >= 11 is 0. The minimum atomic E-state index is -0.115. The molecule has 2 nitrogen and oxygen atoms in total. The van der Waals surface area contributed by atoms with Gasteiger partial charge in [0.1, 0.15) is 5.82 Å². The van der Waals surface area contributed by atoms with Crippen molar-refractivity contribution in [1.82, 2.24) is 9.88 Å². The molecule has 3 heteroatoms. The third-order valence-corrected chi connectivity index (χ3v) is 4.90. The minimum Gasteiger partial charge on any atom is -0.361 e. The van der Waals surface area contributed by atoms with E-state index in [1.54, 1.807) is 12.1 Å². The molecule has 0 atom stereocenters. The molecule has 0 spiro atoms. The number of hydrogen-bond donors (Lipinski definition) is 1. The Bertz CT molecular complexity index is 878. The van der Waals surface area contributed by atoms with E-state index in [0.717, 1.165) is 43.6 Å². The van der Waals surface area contributed by atoms with Gasteiger partial charge in [-0.25, -0.2) is 4.39 Å². The number of H-pyrrole nitrogens is 1. The van der Waals surface area contributed by atoms with Crippen molar-refractivity contribution < 1.29 is 4.39 Å². The van der Waals surface area contributed by atoms with Crippen LogP contribution in [0.3, 0.4) is 0 Å². The highest BCUT2D eigenvalue weighted by atomic mass is 19.1. The first-order valence-electron chi connectivity index (χ1n) is 8.52. The Morgan fingerprint density at radius 3 is 2.79 bits per heavy atom. The molecule has 0 fully saturated rings. The van der Waals surface area contributed by atoms with E-state index < -0.39 is 0 Å². The first kappa shape index (κ1) is 15.2. The van der Waals surface area contributed by atoms with Gasteiger partial charge in [0.2, 0.25) is 0 Å². The zero-order chi connectivity index (χ0) is 16.4. The van der Waals surface area contributed by atoms with E-state index in [-0.39, 0.29) is 5.82 Å². The Labute approximate surface area is 141 Å². The van der Waals surface area contributed by atoms with Crippen LogP contribution in [-0.2, 0) is 6.42 Å². The number of hydrogen-bond acceptors (Lipinski definition) is 1. The summed E-state index contributed by atoms with van der Waals surface area (Å²) in [5, 5.41) is 1.32. The van der Waals surface area contributed by atoms with E-state index in [1.807, 2.05) is 18.3 Å². The first-order chi connectivity index (χ1) is 11.8. The number of nitrogens with zero attached hydrogens (tertiary/aromatic N) is 1. The SMILES string of the molecule is Fc1ccccc1C1=CCN(CCc2cccc3[nH]ccc23)CC1. The van der Waals surface area contributed by atoms with Gasteiger partial charge in [0.25, 0.3) is 0 Å². The van der Waals surface area contributed by atoms with Crippen LogP contribution in [-0.4, -0.2) is 29.5 Å². The van der Waals surface area contributed by atoms with Gasteiger partial charge in [-0.2, -0.15) is 0 Å². The van der Waals surface area contributed by atoms with Crippen LogP contribution in [0.2, 0.25) is 0 Å². The van der Waals surface area contributed by atoms with Gasteiger partial charge in [-0.1, -0.05) is 36.4 Å². The molecule has 0 unspecified atom stereocenters. The third-order valence-electron chi connectivity index (χ3n) is 4.90. The molecule has 1 aromatic heterocycles. The second-order valence-electron chi connectivity index (χ2n) is 6.37. The largest absolute Gasteiger partial charge is 0.361 e. The summed E-state index contributed by atoms with van der Waals surface area (Å²) in [6, 6.07) is 15.7. The summed E-state index contributed by atoms with van der Waals surface area (Å²) in [4.78, 5) is 5.71. The molecule has 1 aliphatic rings. The first-order valence-corrected chi connectivity index (χ1v) is 8.52. The molecule has 0 amide bonds. The Hall–Kier alpha value is -2.39. The lowest BCUT2D eigenvalue weighted by molar-refractivity contribution is 0.306. The predicted octanol–water partition coefficient (Wildman–Crippen LogP) is 4.64. The lowest BCUT2D eigenvalue weighted by Crippen LogP contribution is -2.30. The highest BCUT2D eigenvalue weighted by Crippen LogP contribution is 2.25. The normalized spacial score (nSPS) is 15.6. The third kappa shape index (κ3) is 3.00. The van der Waals surface area contributed by atoms with Gasteiger partial charge in [-0.05, 0) is 42.2 Å². The molecule has 0 saturated heterocycles. The van der Waals surface area contributed by atoms with E-state index in [2.05, 4.69) is 40.2 Å². The second kappa shape index (κ2) is 6.62. The molecule has 0 radical (unpaired) electrons. The van der Waals surface area contributed by atoms with Crippen molar-refractivity contribution in [3.63, 3.8) is 0 Å². The summed E-state index contributed by atoms with van der Waals surface area (Å²) in [5.74, 6) is -0.115. The highest BCUT2D eigenvalue weighted by molar-refractivity contribution is 5.82. The Morgan fingerprint density at radius 2 is 1.96 bits per heavy atom. The van der Waals surface area contributed by atoms with Gasteiger partial charge in [-0.15, -0.1) is 0 Å². The number of aromatic nitrogens is 1. The van der Waals surface area contributed by atoms with E-state index >= 15 is 0 Å². The van der Waals surface area contributed by atoms with Crippen LogP contribution in [0.5, 0.6) is 0 Å². The van der Waals surface area contributed by atoms with Crippen molar-refractivity contribution in [2.24, 2.45) is 0 Å². The fourth-order valence-corrected chi connectivity index (χ4v) is 3.53. The summed E-state index contributed by atoms with van der Waals surface area (Å²) in [7, 11) is 0. The summed E-state index contributed by atoms with van der Waals surface area (Å²) in [6.45, 7) is 2.92. The quantitative estimate of drug-likeness (QED) is 0.742. The van der Waals surface area contributed by atoms with E-state index in [0.29, 0.717) is 0 Å². The number of halogens is 1. The lowest BCUT2D eigenvalue weighted by Gasteiger charge is -2.26. The summed E-state index contributed by atoms with van der Waals surface area (Å²) in [6.07, 6.45) is 6.13. The van der Waals surface area contributed by atoms with Crippen LogP contribution in [0.25, 0.3) is 16.5 Å². The molecule has 1 aliphatic heterocycles. The van der Waals surface area contributed by atoms with Crippen molar-refractivity contribution in [2.75, 3.05) is 19.6 Å². The molecule has 122 valence electrons. The highest BCUT2D eigenvalue weighted by Gasteiger charge is 2.15. The monoisotopic (exact) mass is 320 g/mol. The number of aromatic amines is 1. The maximum atomic E-state index is 13.9. The fraction of sp³-hybridized carbons (Fsp3) is 0.238. The van der Waals surface area contributed by atoms with Crippen molar-refractivity contribution >= 4 is 16.5 Å². The maximum absolute atomic E-state index is 13.9. The van der Waals surface area contributed by atoms with E-state index in [1.165, 1.54) is 16.5 Å². The second-order valence-corrected chi connectivity index (χ2v) is 6.37. The molecule has 3 aromatic rings. The molecule has 2 heterocycles. The van der Waals surface area contributed by atoms with Gasteiger partial charge in [0, 0.05) is 42.3 Å². The Kier molecular flexibility index (Phi) is 4.18. The molecule has 2 aromatic carbocycles. The predicted molar refractivity (Wildman–Crippen MR) is 97.4 cm³/mol. The number of fused-ring (bicyclic) bond motifs is 1. The number of rotatable bonds is 4. The van der Waals surface area contributed by atoms with Gasteiger partial charge in [0.05, 0.1) is 0 Å². The van der Waals surface area contributed by atoms with Crippen LogP contribution < -0.4 is 0 Å². The summed E-state index contributed by atoms with van der Waals surface area (Å²) in [5.41, 5.74) is 4.48. The smallest absolute Gasteiger partial charge is 0.130 e. The zero-order valence-electron chi connectivity index (χ0n) is 13.6. The van der Waals surface area contributed by atoms with Crippen LogP contribution in [0.4, 0.5) is 4.39 Å². The van der Waals surface area contributed by atoms with Crippen LogP contribution in [0.15, 0.2) is 60.8 Å².